The molecule has 0 aliphatic rings. The number of esters is 1. The second-order valence-corrected chi connectivity index (χ2v) is 3.02. The van der Waals surface area contributed by atoms with Crippen LogP contribution in [0.1, 0.15) is 16.1 Å². The second kappa shape index (κ2) is 3.34. The van der Waals surface area contributed by atoms with Gasteiger partial charge in [-0.05, 0) is 13.0 Å². The Morgan fingerprint density at radius 3 is 3.00 bits per heavy atom. The van der Waals surface area contributed by atoms with Gasteiger partial charge in [0.25, 0.3) is 0 Å². The van der Waals surface area contributed by atoms with Crippen molar-refractivity contribution < 1.29 is 18.3 Å². The molecule has 0 radical (unpaired) electrons. The number of methoxy groups -OCH3 is 1. The summed E-state index contributed by atoms with van der Waals surface area (Å²) in [6.07, 6.45) is 1.35. The van der Waals surface area contributed by atoms with Gasteiger partial charge in [0, 0.05) is 0 Å². The van der Waals surface area contributed by atoms with E-state index in [4.69, 9.17) is 4.42 Å². The summed E-state index contributed by atoms with van der Waals surface area (Å²) in [5, 5.41) is 0.324. The molecule has 0 bridgehead atoms. The number of carbonyl (C=O) groups is 1. The van der Waals surface area contributed by atoms with Gasteiger partial charge in [-0.25, -0.2) is 14.2 Å². The minimum absolute atomic E-state index is 0.109. The Hall–Kier alpha value is -1.91. The Balaban J connectivity index is 2.83. The van der Waals surface area contributed by atoms with E-state index in [-0.39, 0.29) is 17.0 Å². The average Bonchev–Trinajstić information content (AvgIpc) is 2.66. The van der Waals surface area contributed by atoms with Crippen molar-refractivity contribution in [3.63, 3.8) is 0 Å². The third-order valence-corrected chi connectivity index (χ3v) is 2.11. The van der Waals surface area contributed by atoms with Gasteiger partial charge in [-0.1, -0.05) is 0 Å². The first-order valence-corrected chi connectivity index (χ1v) is 4.26. The van der Waals surface area contributed by atoms with Crippen LogP contribution in [0.25, 0.3) is 11.1 Å². The van der Waals surface area contributed by atoms with Crippen molar-refractivity contribution in [3.05, 3.63) is 29.4 Å². The zero-order valence-electron chi connectivity index (χ0n) is 8.20. The fourth-order valence-corrected chi connectivity index (χ4v) is 1.38. The number of carbonyl (C=O) groups excluding carboxylic acids is 1. The number of hydrogen-bond acceptors (Lipinski definition) is 4. The SMILES string of the molecule is COC(=O)c1c(F)c(C)nc2occc12. The number of aromatic nitrogens is 1. The Bertz CT molecular complexity index is 533. The van der Waals surface area contributed by atoms with E-state index in [0.29, 0.717) is 5.39 Å². The summed E-state index contributed by atoms with van der Waals surface area (Å²) in [5.41, 5.74) is 0.209. The van der Waals surface area contributed by atoms with Crippen LogP contribution in [0.5, 0.6) is 0 Å². The van der Waals surface area contributed by atoms with Gasteiger partial charge in [0.2, 0.25) is 5.71 Å². The standard InChI is InChI=1S/C10H8FNO3/c1-5-8(11)7(10(13)14-2)6-3-4-15-9(6)12-5/h3-4H,1-2H3. The van der Waals surface area contributed by atoms with E-state index in [1.54, 1.807) is 0 Å². The lowest BCUT2D eigenvalue weighted by atomic mass is 10.1. The molecule has 2 heterocycles. The Morgan fingerprint density at radius 1 is 1.60 bits per heavy atom. The number of hydrogen-bond donors (Lipinski definition) is 0. The summed E-state index contributed by atoms with van der Waals surface area (Å²) in [6, 6.07) is 1.48. The monoisotopic (exact) mass is 209 g/mol. The van der Waals surface area contributed by atoms with Gasteiger partial charge in [0.1, 0.15) is 5.56 Å². The molecule has 4 nitrogen and oxygen atoms in total. The predicted octanol–water partition coefficient (Wildman–Crippen LogP) is 2.06. The van der Waals surface area contributed by atoms with Crippen LogP contribution in [0.3, 0.4) is 0 Å². The Morgan fingerprint density at radius 2 is 2.33 bits per heavy atom. The van der Waals surface area contributed by atoms with E-state index in [1.807, 2.05) is 0 Å². The van der Waals surface area contributed by atoms with E-state index in [1.165, 1.54) is 26.4 Å². The molecule has 0 saturated heterocycles. The first kappa shape index (κ1) is 9.64. The highest BCUT2D eigenvalue weighted by molar-refractivity contribution is 6.02. The number of pyridine rings is 1. The number of aryl methyl sites for hydroxylation is 1. The maximum absolute atomic E-state index is 13.6. The molecule has 2 rings (SSSR count). The first-order chi connectivity index (χ1) is 7.15. The summed E-state index contributed by atoms with van der Waals surface area (Å²) >= 11 is 0. The van der Waals surface area contributed by atoms with Gasteiger partial charge >= 0.3 is 5.97 Å². The fraction of sp³-hybridized carbons (Fsp3) is 0.200. The van der Waals surface area contributed by atoms with Crippen LogP contribution in [0.4, 0.5) is 4.39 Å². The number of fused-ring (bicyclic) bond motifs is 1. The van der Waals surface area contributed by atoms with Crippen LogP contribution in [0.2, 0.25) is 0 Å². The van der Waals surface area contributed by atoms with E-state index in [0.717, 1.165) is 0 Å². The number of halogens is 1. The summed E-state index contributed by atoms with van der Waals surface area (Å²) in [4.78, 5) is 15.2. The van der Waals surface area contributed by atoms with Crippen molar-refractivity contribution in [2.24, 2.45) is 0 Å². The van der Waals surface area contributed by atoms with E-state index < -0.39 is 11.8 Å². The first-order valence-electron chi connectivity index (χ1n) is 4.26. The normalized spacial score (nSPS) is 10.6. The quantitative estimate of drug-likeness (QED) is 0.674. The molecule has 0 aliphatic heterocycles. The zero-order chi connectivity index (χ0) is 11.0. The molecule has 0 saturated carbocycles. The minimum Gasteiger partial charge on any atom is -0.465 e. The second-order valence-electron chi connectivity index (χ2n) is 3.02. The average molecular weight is 209 g/mol. The van der Waals surface area contributed by atoms with Crippen molar-refractivity contribution in [2.45, 2.75) is 6.92 Å². The smallest absolute Gasteiger partial charge is 0.341 e. The highest BCUT2D eigenvalue weighted by Crippen LogP contribution is 2.23. The molecule has 0 fully saturated rings. The molecule has 2 aromatic heterocycles. The van der Waals surface area contributed by atoms with Gasteiger partial charge in [-0.2, -0.15) is 0 Å². The molecule has 15 heavy (non-hydrogen) atoms. The number of nitrogens with zero attached hydrogens (tertiary/aromatic N) is 1. The van der Waals surface area contributed by atoms with E-state index in [2.05, 4.69) is 9.72 Å². The predicted molar refractivity (Wildman–Crippen MR) is 50.0 cm³/mol. The van der Waals surface area contributed by atoms with Gasteiger partial charge < -0.3 is 9.15 Å². The molecule has 0 aromatic carbocycles. The van der Waals surface area contributed by atoms with Gasteiger partial charge in [-0.3, -0.25) is 0 Å². The lowest BCUT2D eigenvalue weighted by Gasteiger charge is -2.03. The summed E-state index contributed by atoms with van der Waals surface area (Å²) in [6.45, 7) is 1.46. The molecule has 0 unspecified atom stereocenters. The van der Waals surface area contributed by atoms with Crippen LogP contribution < -0.4 is 0 Å². The summed E-state index contributed by atoms with van der Waals surface area (Å²) in [5.74, 6) is -1.40. The molecule has 0 aliphatic carbocycles. The highest BCUT2D eigenvalue weighted by Gasteiger charge is 2.21. The molecule has 0 spiro atoms. The van der Waals surface area contributed by atoms with Crippen molar-refractivity contribution in [1.82, 2.24) is 4.98 Å². The van der Waals surface area contributed by atoms with Gasteiger partial charge in [0.15, 0.2) is 5.82 Å². The highest BCUT2D eigenvalue weighted by atomic mass is 19.1. The largest absolute Gasteiger partial charge is 0.465 e. The van der Waals surface area contributed by atoms with E-state index in [9.17, 15) is 9.18 Å². The van der Waals surface area contributed by atoms with Crippen LogP contribution >= 0.6 is 0 Å². The molecular weight excluding hydrogens is 201 g/mol. The van der Waals surface area contributed by atoms with Crippen molar-refractivity contribution in [3.8, 4) is 0 Å². The Kier molecular flexibility index (Phi) is 2.15. The van der Waals surface area contributed by atoms with Crippen molar-refractivity contribution >= 4 is 17.1 Å². The summed E-state index contributed by atoms with van der Waals surface area (Å²) in [7, 11) is 1.20. The molecule has 78 valence electrons. The molecule has 0 atom stereocenters. The number of furan rings is 1. The minimum atomic E-state index is -0.732. The maximum atomic E-state index is 13.6. The van der Waals surface area contributed by atoms with Gasteiger partial charge in [-0.15, -0.1) is 0 Å². The number of ether oxygens (including phenoxy) is 1. The van der Waals surface area contributed by atoms with E-state index >= 15 is 0 Å². The number of rotatable bonds is 1. The topological polar surface area (TPSA) is 52.3 Å². The zero-order valence-corrected chi connectivity index (χ0v) is 8.20. The lowest BCUT2D eigenvalue weighted by molar-refractivity contribution is 0.0597. The van der Waals surface area contributed by atoms with Crippen LogP contribution in [-0.2, 0) is 4.74 Å². The van der Waals surface area contributed by atoms with Crippen molar-refractivity contribution in [1.29, 1.82) is 0 Å². The fourth-order valence-electron chi connectivity index (χ4n) is 1.38. The maximum Gasteiger partial charge on any atom is 0.341 e. The summed E-state index contributed by atoms with van der Waals surface area (Å²) < 4.78 is 23.1. The third kappa shape index (κ3) is 1.36. The van der Waals surface area contributed by atoms with Crippen molar-refractivity contribution in [2.75, 3.05) is 7.11 Å². The molecule has 5 heteroatoms. The van der Waals surface area contributed by atoms with Crippen LogP contribution in [-0.4, -0.2) is 18.1 Å². The van der Waals surface area contributed by atoms with Crippen LogP contribution in [0.15, 0.2) is 16.7 Å². The Labute approximate surface area is 84.7 Å². The van der Waals surface area contributed by atoms with Crippen LogP contribution in [0, 0.1) is 12.7 Å². The molecule has 2 aromatic rings. The molecule has 0 amide bonds. The molecular formula is C10H8FNO3. The third-order valence-electron chi connectivity index (χ3n) is 2.11. The lowest BCUT2D eigenvalue weighted by Crippen LogP contribution is -2.07. The molecule has 0 N–H and O–H groups in total. The van der Waals surface area contributed by atoms with Gasteiger partial charge in [0.05, 0.1) is 24.5 Å².